The van der Waals surface area contributed by atoms with E-state index in [4.69, 9.17) is 16.3 Å². The molecule has 0 fully saturated rings. The molecule has 1 N–H and O–H groups in total. The summed E-state index contributed by atoms with van der Waals surface area (Å²) >= 11 is 6.00. The van der Waals surface area contributed by atoms with Gasteiger partial charge in [0.2, 0.25) is 0 Å². The Bertz CT molecular complexity index is 946. The second-order valence-electron chi connectivity index (χ2n) is 5.68. The smallest absolute Gasteiger partial charge is 0.342 e. The van der Waals surface area contributed by atoms with Gasteiger partial charge >= 0.3 is 5.97 Å². The molecule has 0 spiro atoms. The van der Waals surface area contributed by atoms with E-state index >= 15 is 0 Å². The number of rotatable bonds is 5. The summed E-state index contributed by atoms with van der Waals surface area (Å²) in [5.41, 5.74) is 1.44. The van der Waals surface area contributed by atoms with Gasteiger partial charge in [-0.3, -0.25) is 4.79 Å². The van der Waals surface area contributed by atoms with Crippen molar-refractivity contribution in [2.24, 2.45) is 0 Å². The van der Waals surface area contributed by atoms with Crippen LogP contribution >= 0.6 is 11.6 Å². The van der Waals surface area contributed by atoms with Gasteiger partial charge in [0, 0.05) is 18.0 Å². The van der Waals surface area contributed by atoms with E-state index in [1.54, 1.807) is 24.3 Å². The van der Waals surface area contributed by atoms with E-state index in [-0.39, 0.29) is 5.56 Å². The molecule has 0 bridgehead atoms. The van der Waals surface area contributed by atoms with Crippen LogP contribution in [0.15, 0.2) is 67.0 Å². The molecule has 27 heavy (non-hydrogen) atoms. The van der Waals surface area contributed by atoms with Crippen LogP contribution in [0.2, 0.25) is 5.02 Å². The van der Waals surface area contributed by atoms with Crippen LogP contribution in [0, 0.1) is 0 Å². The number of carbonyl (C=O) groups excluding carboxylic acids is 2. The molecule has 1 heterocycles. The van der Waals surface area contributed by atoms with Crippen LogP contribution < -0.4 is 5.32 Å². The molecule has 1 aromatic heterocycles. The average Bonchev–Trinajstić information content (AvgIpc) is 2.70. The minimum Gasteiger partial charge on any atom is -0.449 e. The molecule has 136 valence electrons. The van der Waals surface area contributed by atoms with Gasteiger partial charge < -0.3 is 10.1 Å². The number of hydrogen-bond donors (Lipinski definition) is 1. The van der Waals surface area contributed by atoms with E-state index < -0.39 is 18.0 Å². The summed E-state index contributed by atoms with van der Waals surface area (Å²) in [6.07, 6.45) is 1.73. The lowest BCUT2D eigenvalue weighted by atomic mass is 10.2. The van der Waals surface area contributed by atoms with Crippen molar-refractivity contribution in [2.45, 2.75) is 13.0 Å². The van der Waals surface area contributed by atoms with E-state index in [9.17, 15) is 9.59 Å². The third-order valence-corrected chi connectivity index (χ3v) is 4.03. The first kappa shape index (κ1) is 18.5. The van der Waals surface area contributed by atoms with E-state index in [1.807, 2.05) is 30.3 Å². The lowest BCUT2D eigenvalue weighted by Gasteiger charge is -2.14. The van der Waals surface area contributed by atoms with Crippen LogP contribution in [0.1, 0.15) is 17.3 Å². The topological polar surface area (TPSA) is 81.2 Å². The molecular formula is C20H16ClN3O3. The summed E-state index contributed by atoms with van der Waals surface area (Å²) in [5.74, 6) is -0.675. The maximum absolute atomic E-state index is 12.2. The number of benzene rings is 2. The molecule has 1 unspecified atom stereocenters. The first-order valence-corrected chi connectivity index (χ1v) is 8.56. The lowest BCUT2D eigenvalue weighted by molar-refractivity contribution is -0.123. The summed E-state index contributed by atoms with van der Waals surface area (Å²) < 4.78 is 5.18. The number of amides is 1. The standard InChI is InChI=1S/C20H16ClN3O3/c1-13(19(25)24-17-10-6-5-9-16(17)21)27-20(26)15-11-22-18(23-12-15)14-7-3-2-4-8-14/h2-13H,1H3,(H,24,25). The predicted molar refractivity (Wildman–Crippen MR) is 102 cm³/mol. The van der Waals surface area contributed by atoms with Crippen molar-refractivity contribution in [1.82, 2.24) is 9.97 Å². The van der Waals surface area contributed by atoms with Crippen molar-refractivity contribution in [2.75, 3.05) is 5.32 Å². The number of para-hydroxylation sites is 1. The van der Waals surface area contributed by atoms with Crippen LogP contribution in [0.5, 0.6) is 0 Å². The van der Waals surface area contributed by atoms with Crippen LogP contribution in [0.4, 0.5) is 5.69 Å². The highest BCUT2D eigenvalue weighted by molar-refractivity contribution is 6.33. The average molecular weight is 382 g/mol. The molecule has 2 aromatic carbocycles. The Morgan fingerprint density at radius 1 is 1.00 bits per heavy atom. The Morgan fingerprint density at radius 3 is 2.30 bits per heavy atom. The predicted octanol–water partition coefficient (Wildman–Crippen LogP) is 3.98. The van der Waals surface area contributed by atoms with Crippen molar-refractivity contribution in [3.8, 4) is 11.4 Å². The van der Waals surface area contributed by atoms with Crippen molar-refractivity contribution < 1.29 is 14.3 Å². The van der Waals surface area contributed by atoms with Gasteiger partial charge in [-0.1, -0.05) is 54.1 Å². The van der Waals surface area contributed by atoms with Crippen LogP contribution in [-0.2, 0) is 9.53 Å². The summed E-state index contributed by atoms with van der Waals surface area (Å²) in [6.45, 7) is 1.48. The highest BCUT2D eigenvalue weighted by Gasteiger charge is 2.20. The molecule has 3 rings (SSSR count). The van der Waals surface area contributed by atoms with Crippen LogP contribution in [-0.4, -0.2) is 27.9 Å². The SMILES string of the molecule is CC(OC(=O)c1cnc(-c2ccccc2)nc1)C(=O)Nc1ccccc1Cl. The minimum absolute atomic E-state index is 0.159. The molecule has 0 aliphatic carbocycles. The van der Waals surface area contributed by atoms with Gasteiger partial charge in [0.15, 0.2) is 11.9 Å². The number of nitrogens with zero attached hydrogens (tertiary/aromatic N) is 2. The number of nitrogens with one attached hydrogen (secondary N) is 1. The zero-order chi connectivity index (χ0) is 19.2. The second kappa shape index (κ2) is 8.42. The first-order valence-electron chi connectivity index (χ1n) is 8.18. The molecule has 0 aliphatic heterocycles. The zero-order valence-electron chi connectivity index (χ0n) is 14.4. The normalized spacial score (nSPS) is 11.5. The molecule has 6 nitrogen and oxygen atoms in total. The zero-order valence-corrected chi connectivity index (χ0v) is 15.2. The molecule has 0 aliphatic rings. The molecule has 0 saturated heterocycles. The largest absolute Gasteiger partial charge is 0.449 e. The highest BCUT2D eigenvalue weighted by atomic mass is 35.5. The van der Waals surface area contributed by atoms with Crippen molar-refractivity contribution in [3.05, 3.63) is 77.6 Å². The monoisotopic (exact) mass is 381 g/mol. The molecule has 1 amide bonds. The molecule has 3 aromatic rings. The summed E-state index contributed by atoms with van der Waals surface area (Å²) in [4.78, 5) is 32.8. The Kier molecular flexibility index (Phi) is 5.78. The van der Waals surface area contributed by atoms with E-state index in [0.717, 1.165) is 5.56 Å². The third-order valence-electron chi connectivity index (χ3n) is 3.70. The third kappa shape index (κ3) is 4.68. The minimum atomic E-state index is -1.01. The van der Waals surface area contributed by atoms with Crippen molar-refractivity contribution in [3.63, 3.8) is 0 Å². The number of carbonyl (C=O) groups is 2. The fraction of sp³-hybridized carbons (Fsp3) is 0.100. The van der Waals surface area contributed by atoms with Gasteiger partial charge in [-0.2, -0.15) is 0 Å². The fourth-order valence-corrected chi connectivity index (χ4v) is 2.43. The van der Waals surface area contributed by atoms with Gasteiger partial charge in [-0.05, 0) is 19.1 Å². The Morgan fingerprint density at radius 2 is 1.63 bits per heavy atom. The maximum Gasteiger partial charge on any atom is 0.342 e. The molecule has 0 radical (unpaired) electrons. The second-order valence-corrected chi connectivity index (χ2v) is 6.09. The lowest BCUT2D eigenvalue weighted by Crippen LogP contribution is -2.30. The number of anilines is 1. The van der Waals surface area contributed by atoms with Crippen LogP contribution in [0.3, 0.4) is 0 Å². The molecular weight excluding hydrogens is 366 g/mol. The van der Waals surface area contributed by atoms with E-state index in [0.29, 0.717) is 16.5 Å². The fourth-order valence-electron chi connectivity index (χ4n) is 2.25. The first-order chi connectivity index (χ1) is 13.0. The maximum atomic E-state index is 12.2. The summed E-state index contributed by atoms with van der Waals surface area (Å²) in [6, 6.07) is 16.2. The Balaban J connectivity index is 1.62. The van der Waals surface area contributed by atoms with Gasteiger partial charge in [0.1, 0.15) is 0 Å². The van der Waals surface area contributed by atoms with Crippen molar-refractivity contribution in [1.29, 1.82) is 0 Å². The van der Waals surface area contributed by atoms with E-state index in [1.165, 1.54) is 19.3 Å². The number of aromatic nitrogens is 2. The number of ether oxygens (including phenoxy) is 1. The van der Waals surface area contributed by atoms with E-state index in [2.05, 4.69) is 15.3 Å². The van der Waals surface area contributed by atoms with Gasteiger partial charge in [-0.15, -0.1) is 0 Å². The van der Waals surface area contributed by atoms with Crippen molar-refractivity contribution >= 4 is 29.2 Å². The Labute approximate surface area is 161 Å². The number of esters is 1. The number of hydrogen-bond acceptors (Lipinski definition) is 5. The summed E-state index contributed by atoms with van der Waals surface area (Å²) in [5, 5.41) is 3.02. The van der Waals surface area contributed by atoms with Gasteiger partial charge in [0.25, 0.3) is 5.91 Å². The quantitative estimate of drug-likeness (QED) is 0.676. The van der Waals surface area contributed by atoms with Gasteiger partial charge in [-0.25, -0.2) is 14.8 Å². The number of halogens is 1. The van der Waals surface area contributed by atoms with Gasteiger partial charge in [0.05, 0.1) is 16.3 Å². The molecule has 0 saturated carbocycles. The molecule has 1 atom stereocenters. The Hall–Kier alpha value is -3.25. The molecule has 7 heteroatoms. The van der Waals surface area contributed by atoms with Crippen LogP contribution in [0.25, 0.3) is 11.4 Å². The highest BCUT2D eigenvalue weighted by Crippen LogP contribution is 2.21. The summed E-state index contributed by atoms with van der Waals surface area (Å²) in [7, 11) is 0.